The third-order valence-electron chi connectivity index (χ3n) is 4.67. The maximum Gasteiger partial charge on any atom is 0.416 e. The number of likely N-dealkylation sites (tertiary alicyclic amines) is 1. The van der Waals surface area contributed by atoms with Gasteiger partial charge < -0.3 is 4.52 Å². The Balaban J connectivity index is 1.72. The summed E-state index contributed by atoms with van der Waals surface area (Å²) in [6.45, 7) is 5.61. The highest BCUT2D eigenvalue weighted by atomic mass is 19.4. The molecule has 0 spiro atoms. The first-order valence-corrected chi connectivity index (χ1v) is 9.05. The van der Waals surface area contributed by atoms with Crippen LogP contribution in [0.4, 0.5) is 13.2 Å². The van der Waals surface area contributed by atoms with Crippen LogP contribution in [0.3, 0.4) is 0 Å². The van der Waals surface area contributed by atoms with E-state index in [0.29, 0.717) is 24.2 Å². The van der Waals surface area contributed by atoms with Crippen molar-refractivity contribution >= 4 is 0 Å². The highest BCUT2D eigenvalue weighted by molar-refractivity contribution is 5.27. The lowest BCUT2D eigenvalue weighted by molar-refractivity contribution is -0.137. The molecule has 1 unspecified atom stereocenters. The van der Waals surface area contributed by atoms with E-state index in [2.05, 4.69) is 28.9 Å². The second kappa shape index (κ2) is 7.78. The van der Waals surface area contributed by atoms with E-state index in [1.165, 1.54) is 0 Å². The van der Waals surface area contributed by atoms with E-state index in [4.69, 9.17) is 4.52 Å². The predicted molar refractivity (Wildman–Crippen MR) is 91.3 cm³/mol. The zero-order valence-electron chi connectivity index (χ0n) is 15.1. The molecule has 1 saturated heterocycles. The number of hydrogen-bond donors (Lipinski definition) is 0. The molecule has 0 N–H and O–H groups in total. The van der Waals surface area contributed by atoms with Crippen LogP contribution in [0.1, 0.15) is 62.0 Å². The zero-order valence-corrected chi connectivity index (χ0v) is 15.1. The maximum atomic E-state index is 12.8. The molecule has 1 aromatic heterocycles. The summed E-state index contributed by atoms with van der Waals surface area (Å²) < 4.78 is 43.6. The Hall–Kier alpha value is -1.89. The summed E-state index contributed by atoms with van der Waals surface area (Å²) in [5, 5.41) is 4.06. The van der Waals surface area contributed by atoms with Crippen molar-refractivity contribution in [2.24, 2.45) is 5.92 Å². The third kappa shape index (κ3) is 4.63. The van der Waals surface area contributed by atoms with E-state index < -0.39 is 11.7 Å². The molecule has 1 aliphatic heterocycles. The topological polar surface area (TPSA) is 42.2 Å². The number of halogens is 3. The predicted octanol–water partition coefficient (Wildman–Crippen LogP) is 5.01. The monoisotopic (exact) mass is 367 g/mol. The fraction of sp³-hybridized carbons (Fsp3) is 0.579. The van der Waals surface area contributed by atoms with Crippen LogP contribution < -0.4 is 0 Å². The molecule has 1 aromatic carbocycles. The van der Waals surface area contributed by atoms with Gasteiger partial charge in [-0.05, 0) is 43.0 Å². The van der Waals surface area contributed by atoms with E-state index in [9.17, 15) is 13.2 Å². The van der Waals surface area contributed by atoms with Gasteiger partial charge >= 0.3 is 6.18 Å². The van der Waals surface area contributed by atoms with Crippen LogP contribution in [0.15, 0.2) is 28.8 Å². The van der Waals surface area contributed by atoms with Crippen molar-refractivity contribution in [2.75, 3.05) is 6.54 Å². The van der Waals surface area contributed by atoms with Gasteiger partial charge in [0.05, 0.1) is 12.1 Å². The average Bonchev–Trinajstić information content (AvgIpc) is 3.01. The fourth-order valence-electron chi connectivity index (χ4n) is 3.42. The summed E-state index contributed by atoms with van der Waals surface area (Å²) in [7, 11) is 0. The molecule has 7 heteroatoms. The van der Waals surface area contributed by atoms with Crippen molar-refractivity contribution in [3.63, 3.8) is 0 Å². The SMILES string of the molecule is CC(C)Cc1nc(CN2CCCCC2c2ccc(C(F)(F)F)cc2)no1. The van der Waals surface area contributed by atoms with Gasteiger partial charge in [-0.15, -0.1) is 0 Å². The van der Waals surface area contributed by atoms with E-state index in [-0.39, 0.29) is 6.04 Å². The molecule has 2 aromatic rings. The number of alkyl halides is 3. The van der Waals surface area contributed by atoms with Gasteiger partial charge in [-0.1, -0.05) is 37.6 Å². The minimum Gasteiger partial charge on any atom is -0.339 e. The summed E-state index contributed by atoms with van der Waals surface area (Å²) in [5.41, 5.74) is 0.295. The molecular weight excluding hydrogens is 343 g/mol. The Morgan fingerprint density at radius 2 is 1.92 bits per heavy atom. The smallest absolute Gasteiger partial charge is 0.339 e. The van der Waals surface area contributed by atoms with Crippen molar-refractivity contribution < 1.29 is 17.7 Å². The third-order valence-corrected chi connectivity index (χ3v) is 4.67. The van der Waals surface area contributed by atoms with Crippen molar-refractivity contribution in [1.29, 1.82) is 0 Å². The Kier molecular flexibility index (Phi) is 5.65. The molecule has 3 rings (SSSR count). The number of nitrogens with zero attached hydrogens (tertiary/aromatic N) is 3. The van der Waals surface area contributed by atoms with Crippen molar-refractivity contribution in [2.45, 2.75) is 58.3 Å². The van der Waals surface area contributed by atoms with Crippen LogP contribution in [-0.2, 0) is 19.1 Å². The lowest BCUT2D eigenvalue weighted by Crippen LogP contribution is -2.33. The normalized spacial score (nSPS) is 19.2. The maximum absolute atomic E-state index is 12.8. The van der Waals surface area contributed by atoms with E-state index in [1.807, 2.05) is 0 Å². The molecule has 2 heterocycles. The second-order valence-electron chi connectivity index (χ2n) is 7.30. The molecule has 0 bridgehead atoms. The highest BCUT2D eigenvalue weighted by Crippen LogP contribution is 2.34. The molecule has 26 heavy (non-hydrogen) atoms. The van der Waals surface area contributed by atoms with E-state index in [1.54, 1.807) is 12.1 Å². The van der Waals surface area contributed by atoms with Crippen molar-refractivity contribution in [3.05, 3.63) is 47.1 Å². The van der Waals surface area contributed by atoms with Crippen LogP contribution in [-0.4, -0.2) is 21.6 Å². The number of aromatic nitrogens is 2. The number of piperidine rings is 1. The lowest BCUT2D eigenvalue weighted by Gasteiger charge is -2.35. The molecule has 0 amide bonds. The number of hydrogen-bond acceptors (Lipinski definition) is 4. The van der Waals surface area contributed by atoms with Crippen LogP contribution in [0.2, 0.25) is 0 Å². The van der Waals surface area contributed by atoms with Gasteiger partial charge in [0.15, 0.2) is 5.82 Å². The van der Waals surface area contributed by atoms with Gasteiger partial charge in [-0.3, -0.25) is 4.90 Å². The van der Waals surface area contributed by atoms with Gasteiger partial charge in [0.1, 0.15) is 0 Å². The first kappa shape index (κ1) is 18.9. The van der Waals surface area contributed by atoms with Crippen LogP contribution in [0, 0.1) is 5.92 Å². The minimum atomic E-state index is -4.30. The van der Waals surface area contributed by atoms with Crippen LogP contribution in [0.5, 0.6) is 0 Å². The molecule has 1 atom stereocenters. The molecule has 1 fully saturated rings. The van der Waals surface area contributed by atoms with Crippen molar-refractivity contribution in [1.82, 2.24) is 15.0 Å². The average molecular weight is 367 g/mol. The summed E-state index contributed by atoms with van der Waals surface area (Å²) in [4.78, 5) is 6.68. The Morgan fingerprint density at radius 3 is 2.58 bits per heavy atom. The molecular formula is C19H24F3N3O. The van der Waals surface area contributed by atoms with Gasteiger partial charge in [0.25, 0.3) is 0 Å². The highest BCUT2D eigenvalue weighted by Gasteiger charge is 2.31. The number of benzene rings is 1. The standard InChI is InChI=1S/C19H24F3N3O/c1-13(2)11-18-23-17(24-26-18)12-25-10-4-3-5-16(25)14-6-8-15(9-7-14)19(20,21)22/h6-9,13,16H,3-5,10-12H2,1-2H3. The summed E-state index contributed by atoms with van der Waals surface area (Å²) in [6, 6.07) is 5.59. The quantitative estimate of drug-likeness (QED) is 0.745. The van der Waals surface area contributed by atoms with E-state index in [0.717, 1.165) is 49.9 Å². The van der Waals surface area contributed by atoms with Crippen LogP contribution >= 0.6 is 0 Å². The second-order valence-corrected chi connectivity index (χ2v) is 7.30. The fourth-order valence-corrected chi connectivity index (χ4v) is 3.42. The molecule has 1 aliphatic rings. The number of rotatable bonds is 5. The van der Waals surface area contributed by atoms with Crippen LogP contribution in [0.25, 0.3) is 0 Å². The van der Waals surface area contributed by atoms with E-state index >= 15 is 0 Å². The summed E-state index contributed by atoms with van der Waals surface area (Å²) in [5.74, 6) is 1.72. The lowest BCUT2D eigenvalue weighted by atomic mass is 9.94. The molecule has 142 valence electrons. The van der Waals surface area contributed by atoms with Gasteiger partial charge in [0.2, 0.25) is 5.89 Å². The van der Waals surface area contributed by atoms with Gasteiger partial charge in [-0.2, -0.15) is 18.2 Å². The first-order valence-electron chi connectivity index (χ1n) is 9.05. The molecule has 4 nitrogen and oxygen atoms in total. The Labute approximate surface area is 151 Å². The molecule has 0 saturated carbocycles. The summed E-state index contributed by atoms with van der Waals surface area (Å²) >= 11 is 0. The van der Waals surface area contributed by atoms with Gasteiger partial charge in [0, 0.05) is 12.5 Å². The minimum absolute atomic E-state index is 0.0816. The first-order chi connectivity index (χ1) is 12.3. The molecule has 0 aliphatic carbocycles. The largest absolute Gasteiger partial charge is 0.416 e. The summed E-state index contributed by atoms with van der Waals surface area (Å²) in [6.07, 6.45) is -0.513. The Bertz CT molecular complexity index is 710. The molecule has 0 radical (unpaired) electrons. The van der Waals surface area contributed by atoms with Crippen molar-refractivity contribution in [3.8, 4) is 0 Å². The Morgan fingerprint density at radius 1 is 1.19 bits per heavy atom. The van der Waals surface area contributed by atoms with Gasteiger partial charge in [-0.25, -0.2) is 0 Å². The zero-order chi connectivity index (χ0) is 18.7.